The van der Waals surface area contributed by atoms with Crippen LogP contribution in [0.15, 0.2) is 48.5 Å². The molecule has 0 aliphatic rings. The lowest BCUT2D eigenvalue weighted by atomic mass is 10.0. The van der Waals surface area contributed by atoms with Gasteiger partial charge < -0.3 is 5.73 Å². The van der Waals surface area contributed by atoms with Gasteiger partial charge in [0.1, 0.15) is 0 Å². The van der Waals surface area contributed by atoms with Crippen molar-refractivity contribution >= 4 is 5.69 Å². The Morgan fingerprint density at radius 2 is 1.59 bits per heavy atom. The Morgan fingerprint density at radius 3 is 2.18 bits per heavy atom. The Labute approximate surface area is 98.9 Å². The third-order valence-corrected chi connectivity index (χ3v) is 2.61. The third kappa shape index (κ3) is 2.61. The van der Waals surface area contributed by atoms with E-state index in [0.717, 1.165) is 18.1 Å². The summed E-state index contributed by atoms with van der Waals surface area (Å²) in [6.45, 7) is 0.898. The van der Waals surface area contributed by atoms with Crippen LogP contribution in [0.25, 0.3) is 11.1 Å². The first-order chi connectivity index (χ1) is 7.97. The summed E-state index contributed by atoms with van der Waals surface area (Å²) in [5.41, 5.74) is 7.91. The van der Waals surface area contributed by atoms with Crippen molar-refractivity contribution in [2.75, 3.05) is 5.73 Å². The van der Waals surface area contributed by atoms with E-state index in [-0.39, 0.29) is 5.56 Å². The highest BCUT2D eigenvalue weighted by atomic mass is 19.3. The molecular weight excluding hydrogens is 220 g/mol. The zero-order valence-corrected chi connectivity index (χ0v) is 9.45. The Bertz CT molecular complexity index is 512. The number of nitrogens with two attached hydrogens (primary N) is 1. The summed E-state index contributed by atoms with van der Waals surface area (Å²) in [6.07, 6.45) is 0. The van der Waals surface area contributed by atoms with Crippen molar-refractivity contribution in [2.45, 2.75) is 12.8 Å². The summed E-state index contributed by atoms with van der Waals surface area (Å²) in [5.74, 6) is -2.82. The first kappa shape index (κ1) is 11.6. The van der Waals surface area contributed by atoms with Gasteiger partial charge in [-0.1, -0.05) is 30.3 Å². The lowest BCUT2D eigenvalue weighted by Gasteiger charge is -2.12. The minimum atomic E-state index is -2.82. The van der Waals surface area contributed by atoms with Gasteiger partial charge in [-0.3, -0.25) is 0 Å². The number of nitrogen functional groups attached to an aromatic ring is 1. The average Bonchev–Trinajstić information content (AvgIpc) is 2.29. The zero-order chi connectivity index (χ0) is 12.5. The summed E-state index contributed by atoms with van der Waals surface area (Å²) in [6, 6.07) is 13.5. The van der Waals surface area contributed by atoms with Crippen LogP contribution in [0.1, 0.15) is 12.5 Å². The Morgan fingerprint density at radius 1 is 0.941 bits per heavy atom. The largest absolute Gasteiger partial charge is 0.399 e. The van der Waals surface area contributed by atoms with Crippen molar-refractivity contribution in [1.29, 1.82) is 0 Å². The normalized spacial score (nSPS) is 11.5. The average molecular weight is 233 g/mol. The second kappa shape index (κ2) is 4.17. The number of benzene rings is 2. The van der Waals surface area contributed by atoms with E-state index in [1.807, 2.05) is 12.1 Å². The van der Waals surface area contributed by atoms with Crippen LogP contribution in [-0.4, -0.2) is 0 Å². The highest BCUT2D eigenvalue weighted by Gasteiger charge is 2.24. The van der Waals surface area contributed by atoms with Gasteiger partial charge in [-0.15, -0.1) is 0 Å². The van der Waals surface area contributed by atoms with E-state index in [1.54, 1.807) is 24.3 Å². The smallest absolute Gasteiger partial charge is 0.270 e. The van der Waals surface area contributed by atoms with Crippen molar-refractivity contribution < 1.29 is 8.78 Å². The molecule has 0 unspecified atom stereocenters. The molecule has 0 aromatic heterocycles. The van der Waals surface area contributed by atoms with Crippen LogP contribution in [-0.2, 0) is 5.92 Å². The van der Waals surface area contributed by atoms with Crippen molar-refractivity contribution in [3.63, 3.8) is 0 Å². The molecule has 2 rings (SSSR count). The highest BCUT2D eigenvalue weighted by molar-refractivity contribution is 5.66. The van der Waals surface area contributed by atoms with Crippen LogP contribution < -0.4 is 5.73 Å². The molecule has 1 nitrogen and oxygen atoms in total. The van der Waals surface area contributed by atoms with Crippen LogP contribution >= 0.6 is 0 Å². The van der Waals surface area contributed by atoms with Gasteiger partial charge in [0.2, 0.25) is 0 Å². The molecule has 0 aliphatic carbocycles. The SMILES string of the molecule is CC(F)(F)c1cccc(-c2ccc(N)cc2)c1. The fourth-order valence-electron chi connectivity index (χ4n) is 1.65. The Kier molecular flexibility index (Phi) is 2.84. The van der Waals surface area contributed by atoms with Gasteiger partial charge in [-0.25, -0.2) is 8.78 Å². The standard InChI is InChI=1S/C14H13F2N/c1-14(15,16)12-4-2-3-11(9-12)10-5-7-13(17)8-6-10/h2-9H,17H2,1H3. The minimum absolute atomic E-state index is 0.0202. The first-order valence-corrected chi connectivity index (χ1v) is 5.31. The van der Waals surface area contributed by atoms with Gasteiger partial charge in [0.25, 0.3) is 5.92 Å². The third-order valence-electron chi connectivity index (χ3n) is 2.61. The maximum Gasteiger partial charge on any atom is 0.270 e. The summed E-state index contributed by atoms with van der Waals surface area (Å²) >= 11 is 0. The molecule has 0 spiro atoms. The van der Waals surface area contributed by atoms with Gasteiger partial charge in [0.15, 0.2) is 0 Å². The summed E-state index contributed by atoms with van der Waals surface area (Å²) < 4.78 is 26.4. The number of hydrogen-bond acceptors (Lipinski definition) is 1. The molecule has 0 radical (unpaired) electrons. The van der Waals surface area contributed by atoms with Crippen molar-refractivity contribution in [2.24, 2.45) is 0 Å². The topological polar surface area (TPSA) is 26.0 Å². The van der Waals surface area contributed by atoms with Crippen LogP contribution in [0.4, 0.5) is 14.5 Å². The summed E-state index contributed by atoms with van der Waals surface area (Å²) in [7, 11) is 0. The van der Waals surface area contributed by atoms with Crippen LogP contribution in [0.5, 0.6) is 0 Å². The predicted octanol–water partition coefficient (Wildman–Crippen LogP) is 4.05. The van der Waals surface area contributed by atoms with Gasteiger partial charge in [-0.05, 0) is 29.3 Å². The van der Waals surface area contributed by atoms with Crippen LogP contribution in [0.2, 0.25) is 0 Å². The van der Waals surface area contributed by atoms with Crippen LogP contribution in [0.3, 0.4) is 0 Å². The van der Waals surface area contributed by atoms with Gasteiger partial charge in [-0.2, -0.15) is 0 Å². The van der Waals surface area contributed by atoms with Gasteiger partial charge in [0, 0.05) is 18.2 Å². The van der Waals surface area contributed by atoms with E-state index in [0.29, 0.717) is 5.69 Å². The van der Waals surface area contributed by atoms with Crippen molar-refractivity contribution in [1.82, 2.24) is 0 Å². The highest BCUT2D eigenvalue weighted by Crippen LogP contribution is 2.30. The molecule has 2 aromatic carbocycles. The first-order valence-electron chi connectivity index (χ1n) is 5.31. The molecule has 17 heavy (non-hydrogen) atoms. The molecule has 0 saturated carbocycles. The van der Waals surface area contributed by atoms with Crippen molar-refractivity contribution in [3.05, 3.63) is 54.1 Å². The van der Waals surface area contributed by atoms with E-state index < -0.39 is 5.92 Å². The van der Waals surface area contributed by atoms with Gasteiger partial charge in [0.05, 0.1) is 0 Å². The van der Waals surface area contributed by atoms with E-state index in [9.17, 15) is 8.78 Å². The maximum atomic E-state index is 13.2. The molecule has 0 atom stereocenters. The van der Waals surface area contributed by atoms with E-state index in [1.165, 1.54) is 12.1 Å². The minimum Gasteiger partial charge on any atom is -0.399 e. The van der Waals surface area contributed by atoms with Crippen LogP contribution in [0, 0.1) is 0 Å². The molecule has 0 fully saturated rings. The molecule has 0 aliphatic heterocycles. The molecule has 0 saturated heterocycles. The molecule has 2 N–H and O–H groups in total. The van der Waals surface area contributed by atoms with E-state index >= 15 is 0 Å². The number of anilines is 1. The quantitative estimate of drug-likeness (QED) is 0.778. The van der Waals surface area contributed by atoms with E-state index in [2.05, 4.69) is 0 Å². The number of hydrogen-bond donors (Lipinski definition) is 1. The second-order valence-electron chi connectivity index (χ2n) is 4.09. The van der Waals surface area contributed by atoms with Crippen molar-refractivity contribution in [3.8, 4) is 11.1 Å². The molecule has 3 heteroatoms. The zero-order valence-electron chi connectivity index (χ0n) is 9.45. The summed E-state index contributed by atoms with van der Waals surface area (Å²) in [5, 5.41) is 0. The monoisotopic (exact) mass is 233 g/mol. The fourth-order valence-corrected chi connectivity index (χ4v) is 1.65. The van der Waals surface area contributed by atoms with Gasteiger partial charge >= 0.3 is 0 Å². The van der Waals surface area contributed by atoms with E-state index in [4.69, 9.17) is 5.73 Å². The number of rotatable bonds is 2. The molecule has 0 amide bonds. The molecule has 88 valence electrons. The molecule has 2 aromatic rings. The Balaban J connectivity index is 2.43. The number of halogens is 2. The molecule has 0 heterocycles. The molecule has 0 bridgehead atoms. The number of alkyl halides is 2. The second-order valence-corrected chi connectivity index (χ2v) is 4.09. The molecular formula is C14H13F2N. The Hall–Kier alpha value is -1.90. The lowest BCUT2D eigenvalue weighted by Crippen LogP contribution is -2.06. The fraction of sp³-hybridized carbons (Fsp3) is 0.143. The predicted molar refractivity (Wildman–Crippen MR) is 65.9 cm³/mol. The lowest BCUT2D eigenvalue weighted by molar-refractivity contribution is 0.0175. The maximum absolute atomic E-state index is 13.2. The summed E-state index contributed by atoms with van der Waals surface area (Å²) in [4.78, 5) is 0.